The molecule has 0 unspecified atom stereocenters. The number of benzene rings is 1. The van der Waals surface area contributed by atoms with Gasteiger partial charge in [0.1, 0.15) is 10.4 Å². The van der Waals surface area contributed by atoms with Gasteiger partial charge in [-0.05, 0) is 36.0 Å². The first-order chi connectivity index (χ1) is 12.2. The predicted octanol–water partition coefficient (Wildman–Crippen LogP) is 5.19. The van der Waals surface area contributed by atoms with Crippen LogP contribution in [0.25, 0.3) is 0 Å². The molecule has 1 aromatic rings. The Balaban J connectivity index is 2.27. The highest BCUT2D eigenvalue weighted by molar-refractivity contribution is 9.10. The Morgan fingerprint density at radius 1 is 1.38 bits per heavy atom. The van der Waals surface area contributed by atoms with Crippen LogP contribution in [0.15, 0.2) is 52.7 Å². The van der Waals surface area contributed by atoms with Crippen molar-refractivity contribution in [3.05, 3.63) is 58.2 Å². The highest BCUT2D eigenvalue weighted by Gasteiger charge is 2.52. The summed E-state index contributed by atoms with van der Waals surface area (Å²) < 4.78 is 0.953. The number of rotatable bonds is 3. The van der Waals surface area contributed by atoms with E-state index >= 15 is 0 Å². The maximum absolute atomic E-state index is 13.1. The number of Topliss-reactive ketones (excluding diaryl/α,β-unsaturated/α-hetero) is 1. The summed E-state index contributed by atoms with van der Waals surface area (Å²) >= 11 is 9.11. The quantitative estimate of drug-likeness (QED) is 0.531. The van der Waals surface area contributed by atoms with E-state index in [1.54, 1.807) is 6.08 Å². The summed E-state index contributed by atoms with van der Waals surface area (Å²) in [5.41, 5.74) is 1.40. The van der Waals surface area contributed by atoms with Crippen molar-refractivity contribution in [2.75, 3.05) is 0 Å². The van der Waals surface area contributed by atoms with Gasteiger partial charge >= 0.3 is 0 Å². The number of carbonyl (C=O) groups is 1. The number of nitriles is 1. The van der Waals surface area contributed by atoms with Crippen LogP contribution in [0.3, 0.4) is 0 Å². The van der Waals surface area contributed by atoms with E-state index in [0.29, 0.717) is 23.4 Å². The monoisotopic (exact) mass is 428 g/mol. The summed E-state index contributed by atoms with van der Waals surface area (Å²) in [6, 6.07) is 10.2. The van der Waals surface area contributed by atoms with Gasteiger partial charge in [-0.3, -0.25) is 4.79 Å². The van der Waals surface area contributed by atoms with Crippen LogP contribution >= 0.6 is 28.1 Å². The Morgan fingerprint density at radius 2 is 2.04 bits per heavy atom. The van der Waals surface area contributed by atoms with Crippen LogP contribution in [0, 0.1) is 22.2 Å². The average Bonchev–Trinajstić information content (AvgIpc) is 2.56. The molecule has 26 heavy (non-hydrogen) atoms. The van der Waals surface area contributed by atoms with Crippen LogP contribution in [0.5, 0.6) is 0 Å². The van der Waals surface area contributed by atoms with Gasteiger partial charge in [0.15, 0.2) is 5.78 Å². The maximum atomic E-state index is 13.1. The number of hydrogen-bond acceptors (Lipinski definition) is 3. The minimum absolute atomic E-state index is 0.0999. The van der Waals surface area contributed by atoms with Gasteiger partial charge in [0.2, 0.25) is 0 Å². The molecule has 5 heteroatoms. The minimum atomic E-state index is -0.999. The van der Waals surface area contributed by atoms with Crippen molar-refractivity contribution in [1.29, 1.82) is 5.26 Å². The molecule has 0 radical (unpaired) electrons. The predicted molar refractivity (Wildman–Crippen MR) is 111 cm³/mol. The molecule has 1 aliphatic heterocycles. The Bertz CT molecular complexity index is 863. The molecule has 0 fully saturated rings. The molecular weight excluding hydrogens is 408 g/mol. The lowest BCUT2D eigenvalue weighted by molar-refractivity contribution is -0.118. The third kappa shape index (κ3) is 3.06. The van der Waals surface area contributed by atoms with E-state index in [1.807, 2.05) is 24.3 Å². The van der Waals surface area contributed by atoms with Gasteiger partial charge in [-0.15, -0.1) is 6.58 Å². The molecule has 134 valence electrons. The molecule has 0 amide bonds. The number of ketones is 1. The van der Waals surface area contributed by atoms with Gasteiger partial charge in [0.05, 0.1) is 6.07 Å². The first kappa shape index (κ1) is 19.0. The van der Waals surface area contributed by atoms with Gasteiger partial charge in [0, 0.05) is 28.1 Å². The molecule has 1 aliphatic carbocycles. The molecular formula is C21H21BrN2OS. The van der Waals surface area contributed by atoms with Crippen LogP contribution in [0.2, 0.25) is 0 Å². The fourth-order valence-corrected chi connectivity index (χ4v) is 4.75. The smallest absolute Gasteiger partial charge is 0.161 e. The van der Waals surface area contributed by atoms with E-state index in [4.69, 9.17) is 12.2 Å². The molecule has 0 aromatic heterocycles. The fraction of sp³-hybridized carbons (Fsp3) is 0.381. The number of carbonyl (C=O) groups excluding carboxylic acids is 1. The molecule has 0 spiro atoms. The van der Waals surface area contributed by atoms with Gasteiger partial charge in [-0.1, -0.05) is 60.2 Å². The number of thiocarbonyl (C=S) groups is 1. The van der Waals surface area contributed by atoms with Gasteiger partial charge in [0.25, 0.3) is 0 Å². The van der Waals surface area contributed by atoms with Gasteiger partial charge in [-0.2, -0.15) is 5.26 Å². The molecule has 2 atom stereocenters. The van der Waals surface area contributed by atoms with Crippen LogP contribution in [-0.4, -0.2) is 10.8 Å². The fourth-order valence-electron chi connectivity index (χ4n) is 4.11. The summed E-state index contributed by atoms with van der Waals surface area (Å²) in [7, 11) is 0. The van der Waals surface area contributed by atoms with E-state index in [1.165, 1.54) is 0 Å². The number of nitrogens with one attached hydrogen (secondary N) is 1. The Morgan fingerprint density at radius 3 is 2.62 bits per heavy atom. The summed E-state index contributed by atoms with van der Waals surface area (Å²) in [6.45, 7) is 8.00. The highest BCUT2D eigenvalue weighted by Crippen LogP contribution is 2.52. The van der Waals surface area contributed by atoms with E-state index in [9.17, 15) is 10.1 Å². The lowest BCUT2D eigenvalue weighted by atomic mass is 9.60. The van der Waals surface area contributed by atoms with Crippen LogP contribution in [-0.2, 0) is 4.79 Å². The Hall–Kier alpha value is -1.77. The molecule has 1 heterocycles. The molecule has 0 bridgehead atoms. The minimum Gasteiger partial charge on any atom is -0.352 e. The van der Waals surface area contributed by atoms with Crippen molar-refractivity contribution in [2.45, 2.75) is 39.0 Å². The highest BCUT2D eigenvalue weighted by atomic mass is 79.9. The average molecular weight is 429 g/mol. The zero-order chi connectivity index (χ0) is 19.1. The molecule has 0 saturated carbocycles. The SMILES string of the molecule is C=CC[C@]1(C#N)C(=S)NC2=C(C(=O)CC(C)(C)C2)[C@@H]1c1ccc(Br)cc1. The third-order valence-corrected chi connectivity index (χ3v) is 6.24. The lowest BCUT2D eigenvalue weighted by Crippen LogP contribution is -2.51. The summed E-state index contributed by atoms with van der Waals surface area (Å²) in [4.78, 5) is 13.6. The molecule has 1 aromatic carbocycles. The second-order valence-electron chi connectivity index (χ2n) is 7.85. The summed E-state index contributed by atoms with van der Waals surface area (Å²) in [5, 5.41) is 13.4. The van der Waals surface area contributed by atoms with Crippen LogP contribution < -0.4 is 5.32 Å². The maximum Gasteiger partial charge on any atom is 0.161 e. The molecule has 0 saturated heterocycles. The van der Waals surface area contributed by atoms with Crippen LogP contribution in [0.4, 0.5) is 0 Å². The first-order valence-corrected chi connectivity index (χ1v) is 9.79. The number of halogens is 1. The van der Waals surface area contributed by atoms with Crippen LogP contribution in [0.1, 0.15) is 44.6 Å². The topological polar surface area (TPSA) is 52.9 Å². The Kier molecular flexibility index (Phi) is 4.94. The zero-order valence-electron chi connectivity index (χ0n) is 14.9. The zero-order valence-corrected chi connectivity index (χ0v) is 17.3. The summed E-state index contributed by atoms with van der Waals surface area (Å²) in [6.07, 6.45) is 3.33. The van der Waals surface area contributed by atoms with Crippen molar-refractivity contribution >= 4 is 38.9 Å². The number of hydrogen-bond donors (Lipinski definition) is 1. The molecule has 2 aliphatic rings. The van der Waals surface area contributed by atoms with Gasteiger partial charge < -0.3 is 5.32 Å². The number of allylic oxidation sites excluding steroid dienone is 3. The summed E-state index contributed by atoms with van der Waals surface area (Å²) in [5.74, 6) is -0.284. The van der Waals surface area contributed by atoms with E-state index < -0.39 is 5.41 Å². The normalized spacial score (nSPS) is 27.4. The largest absolute Gasteiger partial charge is 0.352 e. The molecule has 3 nitrogen and oxygen atoms in total. The standard InChI is InChI=1S/C21H21BrN2OS/c1-4-9-21(12-23)18(13-5-7-14(22)8-6-13)17-15(24-19(21)26)10-20(2,3)11-16(17)25/h4-8,18H,1,9-11H2,2-3H3,(H,24,26)/t18-,21+/m0/s1. The van der Waals surface area contributed by atoms with Crippen molar-refractivity contribution in [3.63, 3.8) is 0 Å². The van der Waals surface area contributed by atoms with Crippen molar-refractivity contribution in [3.8, 4) is 6.07 Å². The Labute approximate surface area is 168 Å². The van der Waals surface area contributed by atoms with Crippen molar-refractivity contribution in [1.82, 2.24) is 5.32 Å². The van der Waals surface area contributed by atoms with Crippen molar-refractivity contribution in [2.24, 2.45) is 10.8 Å². The first-order valence-electron chi connectivity index (χ1n) is 8.59. The van der Waals surface area contributed by atoms with E-state index in [0.717, 1.165) is 22.2 Å². The third-order valence-electron chi connectivity index (χ3n) is 5.24. The molecule has 1 N–H and O–H groups in total. The molecule has 3 rings (SSSR count). The number of nitrogens with zero attached hydrogens (tertiary/aromatic N) is 1. The second kappa shape index (κ2) is 6.75. The van der Waals surface area contributed by atoms with Crippen molar-refractivity contribution < 1.29 is 4.79 Å². The second-order valence-corrected chi connectivity index (χ2v) is 9.17. The van der Waals surface area contributed by atoms with E-state index in [-0.39, 0.29) is 17.1 Å². The van der Waals surface area contributed by atoms with Gasteiger partial charge in [-0.25, -0.2) is 0 Å². The van der Waals surface area contributed by atoms with E-state index in [2.05, 4.69) is 47.7 Å². The lowest BCUT2D eigenvalue weighted by Gasteiger charge is -2.46.